The molecule has 6 aromatic carbocycles. The molecule has 0 saturated carbocycles. The van der Waals surface area contributed by atoms with Crippen molar-refractivity contribution >= 4 is 33.6 Å². The summed E-state index contributed by atoms with van der Waals surface area (Å²) in [6, 6.07) is 35.7. The highest BCUT2D eigenvalue weighted by atomic mass is 16.6. The minimum atomic E-state index is -1.73. The van der Waals surface area contributed by atoms with Gasteiger partial charge in [-0.1, -0.05) is 84.9 Å². The number of carboxylic acids is 1. The zero-order valence-electron chi connectivity index (χ0n) is 34.1. The van der Waals surface area contributed by atoms with Gasteiger partial charge in [0.2, 0.25) is 0 Å². The van der Waals surface area contributed by atoms with Gasteiger partial charge in [-0.05, 0) is 77.7 Å². The van der Waals surface area contributed by atoms with Crippen LogP contribution < -0.4 is 24.3 Å². The van der Waals surface area contributed by atoms with Crippen molar-refractivity contribution < 1.29 is 47.9 Å². The van der Waals surface area contributed by atoms with Crippen molar-refractivity contribution in [1.29, 1.82) is 0 Å². The summed E-state index contributed by atoms with van der Waals surface area (Å²) in [5.41, 5.74) is 2.02. The van der Waals surface area contributed by atoms with Gasteiger partial charge in [-0.2, -0.15) is 0 Å². The number of benzene rings is 6. The summed E-state index contributed by atoms with van der Waals surface area (Å²) in [6.45, 7) is 7.33. The molecule has 0 spiro atoms. The summed E-state index contributed by atoms with van der Waals surface area (Å²) in [7, 11) is 0. The Morgan fingerprint density at radius 2 is 0.950 bits per heavy atom. The molecule has 0 unspecified atom stereocenters. The van der Waals surface area contributed by atoms with Crippen LogP contribution in [0.3, 0.4) is 0 Å². The number of amides is 1. The van der Waals surface area contributed by atoms with Crippen LogP contribution in [0.15, 0.2) is 109 Å². The van der Waals surface area contributed by atoms with E-state index in [9.17, 15) is 14.7 Å². The molecule has 60 heavy (non-hydrogen) atoms. The predicted octanol–water partition coefficient (Wildman–Crippen LogP) is 9.04. The smallest absolute Gasteiger partial charge is 0.408 e. The first-order valence-corrected chi connectivity index (χ1v) is 20.3. The number of carboxylic acid groups (broad SMARTS) is 1. The van der Waals surface area contributed by atoms with E-state index in [1.54, 1.807) is 20.8 Å². The van der Waals surface area contributed by atoms with E-state index < -0.39 is 23.2 Å². The predicted molar refractivity (Wildman–Crippen MR) is 230 cm³/mol. The molecular formula is C49H49NO10. The van der Waals surface area contributed by atoms with E-state index in [-0.39, 0.29) is 52.5 Å². The fraction of sp³-hybridized carbons (Fsp3) is 0.306. The highest BCUT2D eigenvalue weighted by Gasteiger charge is 2.45. The normalized spacial score (nSPS) is 16.0. The number of nitrogens with one attached hydrogen (secondary N) is 1. The fourth-order valence-electron chi connectivity index (χ4n) is 8.07. The average molecular weight is 812 g/mol. The summed E-state index contributed by atoms with van der Waals surface area (Å²) in [5, 5.41) is 17.8. The monoisotopic (exact) mass is 811 g/mol. The van der Waals surface area contributed by atoms with Gasteiger partial charge < -0.3 is 43.6 Å². The summed E-state index contributed by atoms with van der Waals surface area (Å²) in [5.74, 6) is 1.30. The highest BCUT2D eigenvalue weighted by Crippen LogP contribution is 2.47. The Bertz CT molecular complexity index is 2370. The molecule has 2 aliphatic rings. The molecule has 0 aromatic heterocycles. The number of hydrogen-bond acceptors (Lipinski definition) is 9. The number of ether oxygens (including phenoxy) is 7. The topological polar surface area (TPSA) is 131 Å². The SMILES string of the molecule is CC(C)(C)OC(=O)NC1(C(=O)O)Cc2cccc3c2-c2c(cccc2OCCOCCOc2ccc4ccccc4c2-c2c(ccc4ccccc24)OCCOCCO3)C1. The molecule has 0 atom stereocenters. The summed E-state index contributed by atoms with van der Waals surface area (Å²) >= 11 is 0. The molecule has 1 amide bonds. The second kappa shape index (κ2) is 17.5. The van der Waals surface area contributed by atoms with Gasteiger partial charge in [-0.25, -0.2) is 9.59 Å². The van der Waals surface area contributed by atoms with Gasteiger partial charge in [0.25, 0.3) is 0 Å². The number of carbonyl (C=O) groups excluding carboxylic acids is 1. The van der Waals surface area contributed by atoms with Crippen LogP contribution in [-0.4, -0.2) is 81.2 Å². The lowest BCUT2D eigenvalue weighted by atomic mass is 9.86. The maximum Gasteiger partial charge on any atom is 0.408 e. The lowest BCUT2D eigenvalue weighted by molar-refractivity contribution is -0.144. The summed E-state index contributed by atoms with van der Waals surface area (Å²) in [6.07, 6.45) is -0.884. The molecule has 0 fully saturated rings. The van der Waals surface area contributed by atoms with Gasteiger partial charge >= 0.3 is 12.1 Å². The van der Waals surface area contributed by atoms with Gasteiger partial charge in [0.15, 0.2) is 0 Å². The maximum atomic E-state index is 13.2. The minimum Gasteiger partial charge on any atom is -0.491 e. The van der Waals surface area contributed by atoms with Crippen LogP contribution in [0.5, 0.6) is 23.0 Å². The van der Waals surface area contributed by atoms with E-state index in [1.165, 1.54) is 0 Å². The van der Waals surface area contributed by atoms with E-state index in [4.69, 9.17) is 33.2 Å². The van der Waals surface area contributed by atoms with Crippen LogP contribution in [0.25, 0.3) is 43.8 Å². The average Bonchev–Trinajstić information content (AvgIpc) is 3.37. The van der Waals surface area contributed by atoms with Gasteiger partial charge in [-0.15, -0.1) is 0 Å². The van der Waals surface area contributed by atoms with Crippen LogP contribution in [0.4, 0.5) is 4.79 Å². The standard InChI is InChI=1S/C49H49NO10/c1-48(2,3)60-47(53)50-49(46(51)52)30-34-12-8-16-38-42(34)43-35(31-49)13-9-17-39(43)57-27-23-55-25-29-59-41-21-19-33-11-5-7-15-37(33)45(41)44-36-14-6-4-10-32(36)18-20-40(44)58-28-24-54-22-26-56-38/h4-21H,22-31H2,1-3H3,(H,50,53)(H,51,52). The Morgan fingerprint density at radius 3 is 1.37 bits per heavy atom. The molecule has 0 bridgehead atoms. The Hall–Kier alpha value is -6.30. The van der Waals surface area contributed by atoms with E-state index in [0.29, 0.717) is 58.5 Å². The second-order valence-corrected chi connectivity index (χ2v) is 15.9. The lowest BCUT2D eigenvalue weighted by Crippen LogP contribution is -2.58. The Kier molecular flexibility index (Phi) is 11.8. The summed E-state index contributed by atoms with van der Waals surface area (Å²) in [4.78, 5) is 26.4. The van der Waals surface area contributed by atoms with Crippen molar-refractivity contribution in [1.82, 2.24) is 5.32 Å². The third kappa shape index (κ3) is 8.68. The van der Waals surface area contributed by atoms with E-state index in [0.717, 1.165) is 32.7 Å². The van der Waals surface area contributed by atoms with Gasteiger partial charge in [0, 0.05) is 35.1 Å². The molecule has 1 heterocycles. The van der Waals surface area contributed by atoms with Gasteiger partial charge in [0.05, 0.1) is 26.4 Å². The quantitative estimate of drug-likeness (QED) is 0.175. The number of alkyl carbamates (subject to hydrolysis) is 1. The molecule has 1 aliphatic heterocycles. The Morgan fingerprint density at radius 1 is 0.533 bits per heavy atom. The van der Waals surface area contributed by atoms with Gasteiger partial charge in [0.1, 0.15) is 60.6 Å². The van der Waals surface area contributed by atoms with Gasteiger partial charge in [-0.3, -0.25) is 0 Å². The van der Waals surface area contributed by atoms with Crippen molar-refractivity contribution in [2.45, 2.75) is 44.8 Å². The first-order chi connectivity index (χ1) is 29.1. The fourth-order valence-corrected chi connectivity index (χ4v) is 8.07. The Labute approximate surface area is 349 Å². The number of rotatable bonds is 2. The zero-order chi connectivity index (χ0) is 41.7. The number of fused-ring (bicyclic) bond motifs is 7. The molecule has 1 aliphatic carbocycles. The number of carbonyl (C=O) groups is 2. The third-order valence-electron chi connectivity index (χ3n) is 10.6. The van der Waals surface area contributed by atoms with Crippen molar-refractivity contribution in [3.05, 3.63) is 120 Å². The third-order valence-corrected chi connectivity index (χ3v) is 10.6. The molecule has 2 N–H and O–H groups in total. The highest BCUT2D eigenvalue weighted by molar-refractivity contribution is 6.09. The minimum absolute atomic E-state index is 0.0329. The van der Waals surface area contributed by atoms with Crippen LogP contribution in [0.2, 0.25) is 0 Å². The molecule has 11 heteroatoms. The summed E-state index contributed by atoms with van der Waals surface area (Å²) < 4.78 is 43.5. The van der Waals surface area contributed by atoms with Crippen LogP contribution in [0.1, 0.15) is 31.9 Å². The van der Waals surface area contributed by atoms with Crippen LogP contribution in [-0.2, 0) is 31.8 Å². The second-order valence-electron chi connectivity index (χ2n) is 15.9. The van der Waals surface area contributed by atoms with Crippen molar-refractivity contribution in [2.24, 2.45) is 0 Å². The zero-order valence-corrected chi connectivity index (χ0v) is 34.1. The molecule has 11 nitrogen and oxygen atoms in total. The van der Waals surface area contributed by atoms with Crippen molar-refractivity contribution in [2.75, 3.05) is 52.9 Å². The number of aliphatic carboxylic acids is 1. The first kappa shape index (κ1) is 40.5. The van der Waals surface area contributed by atoms with E-state index in [2.05, 4.69) is 41.7 Å². The van der Waals surface area contributed by atoms with E-state index in [1.807, 2.05) is 72.8 Å². The van der Waals surface area contributed by atoms with Crippen molar-refractivity contribution in [3.8, 4) is 45.3 Å². The molecular weight excluding hydrogens is 763 g/mol. The molecule has 8 rings (SSSR count). The van der Waals surface area contributed by atoms with E-state index >= 15 is 0 Å². The molecule has 6 aromatic rings. The molecule has 0 radical (unpaired) electrons. The van der Waals surface area contributed by atoms with Crippen molar-refractivity contribution in [3.63, 3.8) is 0 Å². The van der Waals surface area contributed by atoms with Crippen LogP contribution >= 0.6 is 0 Å². The van der Waals surface area contributed by atoms with Crippen LogP contribution in [0, 0.1) is 0 Å². The lowest BCUT2D eigenvalue weighted by Gasteiger charge is -2.31. The first-order valence-electron chi connectivity index (χ1n) is 20.3. The maximum absolute atomic E-state index is 13.2. The molecule has 310 valence electrons. The number of hydrogen-bond donors (Lipinski definition) is 2. The molecule has 0 saturated heterocycles. The Balaban J connectivity index is 1.11. The largest absolute Gasteiger partial charge is 0.491 e.